The van der Waals surface area contributed by atoms with Crippen LogP contribution in [-0.4, -0.2) is 87.9 Å². The molecule has 0 N–H and O–H groups in total. The van der Waals surface area contributed by atoms with Gasteiger partial charge in [-0.05, 0) is 24.6 Å². The van der Waals surface area contributed by atoms with Crippen LogP contribution in [0.15, 0.2) is 30.6 Å². The van der Waals surface area contributed by atoms with E-state index >= 15 is 0 Å². The number of hydrogen-bond acceptors (Lipinski definition) is 8. The Morgan fingerprint density at radius 3 is 2.20 bits per heavy atom. The highest BCUT2D eigenvalue weighted by Gasteiger charge is 2.31. The topological polar surface area (TPSA) is 122 Å². The van der Waals surface area contributed by atoms with Crippen LogP contribution in [0.3, 0.4) is 0 Å². The summed E-state index contributed by atoms with van der Waals surface area (Å²) >= 11 is 0. The number of piperidine rings is 1. The van der Waals surface area contributed by atoms with Crippen molar-refractivity contribution >= 4 is 27.7 Å². The predicted molar refractivity (Wildman–Crippen MR) is 107 cm³/mol. The van der Waals surface area contributed by atoms with E-state index < -0.39 is 10.0 Å². The number of nitrogens with zero attached hydrogens (tertiary/aromatic N) is 7. The number of aromatic nitrogens is 4. The van der Waals surface area contributed by atoms with Crippen LogP contribution < -0.4 is 4.90 Å². The maximum Gasteiger partial charge on any atom is 0.229 e. The molecule has 4 rings (SSSR count). The van der Waals surface area contributed by atoms with Gasteiger partial charge in [0.2, 0.25) is 21.8 Å². The summed E-state index contributed by atoms with van der Waals surface area (Å²) in [5, 5.41) is 12.5. The van der Waals surface area contributed by atoms with Gasteiger partial charge in [-0.1, -0.05) is 0 Å². The standard InChI is InChI=1S/C18H23N7O4S/c26-17-3-1-4-18(27)24(17)13-14-30(28,29)23-11-9-22(10-12-23)15-5-6-16(21-20-15)25-8-2-7-19-25/h2,5-8H,1,3-4,9-14H2. The average Bonchev–Trinajstić information content (AvgIpc) is 3.29. The molecule has 2 aromatic rings. The van der Waals surface area contributed by atoms with Crippen LogP contribution in [0.25, 0.3) is 5.82 Å². The largest absolute Gasteiger partial charge is 0.352 e. The second kappa shape index (κ2) is 8.48. The van der Waals surface area contributed by atoms with Crippen molar-refractivity contribution in [2.75, 3.05) is 43.4 Å². The van der Waals surface area contributed by atoms with Crippen LogP contribution in [0.1, 0.15) is 19.3 Å². The molecule has 0 radical (unpaired) electrons. The van der Waals surface area contributed by atoms with Crippen molar-refractivity contribution in [1.82, 2.24) is 29.2 Å². The molecule has 0 atom stereocenters. The van der Waals surface area contributed by atoms with Gasteiger partial charge in [0.05, 0.1) is 5.75 Å². The fourth-order valence-corrected chi connectivity index (χ4v) is 4.98. The number of piperazine rings is 1. The summed E-state index contributed by atoms with van der Waals surface area (Å²) in [6.07, 6.45) is 4.56. The summed E-state index contributed by atoms with van der Waals surface area (Å²) in [5.41, 5.74) is 0. The Morgan fingerprint density at radius 1 is 0.933 bits per heavy atom. The van der Waals surface area contributed by atoms with Gasteiger partial charge in [0, 0.05) is 58.0 Å². The first-order chi connectivity index (χ1) is 14.4. The Balaban J connectivity index is 1.32. The molecule has 0 aromatic carbocycles. The lowest BCUT2D eigenvalue weighted by molar-refractivity contribution is -0.147. The van der Waals surface area contributed by atoms with E-state index in [4.69, 9.17) is 0 Å². The fraction of sp³-hybridized carbons (Fsp3) is 0.500. The maximum atomic E-state index is 12.7. The Morgan fingerprint density at radius 2 is 1.60 bits per heavy atom. The number of anilines is 1. The third-order valence-electron chi connectivity index (χ3n) is 5.29. The molecule has 2 aliphatic rings. The van der Waals surface area contributed by atoms with Crippen molar-refractivity contribution in [1.29, 1.82) is 0 Å². The summed E-state index contributed by atoms with van der Waals surface area (Å²) < 4.78 is 28.4. The minimum absolute atomic E-state index is 0.0828. The van der Waals surface area contributed by atoms with Crippen LogP contribution in [0.4, 0.5) is 5.82 Å². The maximum absolute atomic E-state index is 12.7. The lowest BCUT2D eigenvalue weighted by Crippen LogP contribution is -2.51. The number of imide groups is 1. The molecule has 160 valence electrons. The zero-order valence-electron chi connectivity index (χ0n) is 16.4. The van der Waals surface area contributed by atoms with Gasteiger partial charge in [0.1, 0.15) is 0 Å². The number of rotatable bonds is 6. The summed E-state index contributed by atoms with van der Waals surface area (Å²) in [5.74, 6) is 0.453. The van der Waals surface area contributed by atoms with Crippen LogP contribution >= 0.6 is 0 Å². The summed E-state index contributed by atoms with van der Waals surface area (Å²) in [7, 11) is -3.56. The van der Waals surface area contributed by atoms with Crippen LogP contribution in [0, 0.1) is 0 Å². The summed E-state index contributed by atoms with van der Waals surface area (Å²) in [6.45, 7) is 1.51. The molecule has 12 heteroatoms. The van der Waals surface area contributed by atoms with Gasteiger partial charge in [-0.2, -0.15) is 9.40 Å². The molecule has 2 aromatic heterocycles. The lowest BCUT2D eigenvalue weighted by Gasteiger charge is -2.35. The van der Waals surface area contributed by atoms with Crippen LogP contribution in [0.2, 0.25) is 0 Å². The van der Waals surface area contributed by atoms with Crippen molar-refractivity contribution in [3.05, 3.63) is 30.6 Å². The monoisotopic (exact) mass is 433 g/mol. The van der Waals surface area contributed by atoms with Gasteiger partial charge in [-0.3, -0.25) is 14.5 Å². The molecule has 0 bridgehead atoms. The normalized spacial score (nSPS) is 18.8. The van der Waals surface area contributed by atoms with Crippen LogP contribution in [0.5, 0.6) is 0 Å². The number of amides is 2. The Bertz CT molecular complexity index is 984. The van der Waals surface area contributed by atoms with Crippen molar-refractivity contribution in [3.8, 4) is 5.82 Å². The van der Waals surface area contributed by atoms with E-state index in [-0.39, 0.29) is 24.1 Å². The zero-order chi connectivity index (χ0) is 21.1. The first-order valence-electron chi connectivity index (χ1n) is 9.84. The highest BCUT2D eigenvalue weighted by molar-refractivity contribution is 7.89. The van der Waals surface area contributed by atoms with Gasteiger partial charge in [0.15, 0.2) is 11.6 Å². The summed E-state index contributed by atoms with van der Waals surface area (Å²) in [6, 6.07) is 5.44. The molecule has 2 amide bonds. The second-order valence-corrected chi connectivity index (χ2v) is 9.28. The number of carbonyl (C=O) groups excluding carboxylic acids is 2. The van der Waals surface area contributed by atoms with Gasteiger partial charge < -0.3 is 4.90 Å². The first kappa shape index (κ1) is 20.4. The third kappa shape index (κ3) is 4.33. The molecular formula is C18H23N7O4S. The third-order valence-corrected chi connectivity index (χ3v) is 7.14. The van der Waals surface area contributed by atoms with E-state index in [0.717, 1.165) is 4.90 Å². The van der Waals surface area contributed by atoms with E-state index in [0.29, 0.717) is 57.1 Å². The first-order valence-corrected chi connectivity index (χ1v) is 11.4. The minimum Gasteiger partial charge on any atom is -0.352 e. The Hall–Kier alpha value is -2.86. The number of carbonyl (C=O) groups is 2. The van der Waals surface area contributed by atoms with E-state index in [1.165, 1.54) is 4.31 Å². The predicted octanol–water partition coefficient (Wildman–Crippen LogP) is -0.347. The van der Waals surface area contributed by atoms with E-state index in [9.17, 15) is 18.0 Å². The molecule has 2 fully saturated rings. The number of sulfonamides is 1. The number of hydrogen-bond donors (Lipinski definition) is 0. The zero-order valence-corrected chi connectivity index (χ0v) is 17.2. The molecule has 30 heavy (non-hydrogen) atoms. The number of likely N-dealkylation sites (tertiary alicyclic amines) is 1. The molecular weight excluding hydrogens is 410 g/mol. The minimum atomic E-state index is -3.56. The second-order valence-electron chi connectivity index (χ2n) is 7.20. The molecule has 2 saturated heterocycles. The smallest absolute Gasteiger partial charge is 0.229 e. The van der Waals surface area contributed by atoms with E-state index in [1.54, 1.807) is 23.1 Å². The van der Waals surface area contributed by atoms with Gasteiger partial charge in [-0.15, -0.1) is 10.2 Å². The molecule has 4 heterocycles. The highest BCUT2D eigenvalue weighted by atomic mass is 32.2. The molecule has 11 nitrogen and oxygen atoms in total. The molecule has 0 unspecified atom stereocenters. The molecule has 0 aliphatic carbocycles. The van der Waals surface area contributed by atoms with Gasteiger partial charge in [-0.25, -0.2) is 13.1 Å². The van der Waals surface area contributed by atoms with E-state index in [1.807, 2.05) is 17.0 Å². The molecule has 0 spiro atoms. The Labute approximate surface area is 174 Å². The molecule has 0 saturated carbocycles. The van der Waals surface area contributed by atoms with Gasteiger partial charge in [0.25, 0.3) is 0 Å². The SMILES string of the molecule is O=C1CCCC(=O)N1CCS(=O)(=O)N1CCN(c2ccc(-n3cccn3)nn2)CC1. The van der Waals surface area contributed by atoms with Crippen LogP contribution in [-0.2, 0) is 19.6 Å². The van der Waals surface area contributed by atoms with Crippen molar-refractivity contribution in [2.24, 2.45) is 0 Å². The van der Waals surface area contributed by atoms with Crippen molar-refractivity contribution in [2.45, 2.75) is 19.3 Å². The lowest BCUT2D eigenvalue weighted by atomic mass is 10.1. The Kier molecular flexibility index (Phi) is 5.77. The van der Waals surface area contributed by atoms with E-state index in [2.05, 4.69) is 15.3 Å². The van der Waals surface area contributed by atoms with Crippen molar-refractivity contribution in [3.63, 3.8) is 0 Å². The van der Waals surface area contributed by atoms with Crippen molar-refractivity contribution < 1.29 is 18.0 Å². The summed E-state index contributed by atoms with van der Waals surface area (Å²) in [4.78, 5) is 26.8. The molecule has 2 aliphatic heterocycles. The highest BCUT2D eigenvalue weighted by Crippen LogP contribution is 2.17. The quantitative estimate of drug-likeness (QED) is 0.567. The fourth-order valence-electron chi connectivity index (χ4n) is 3.59. The van der Waals surface area contributed by atoms with Gasteiger partial charge >= 0.3 is 0 Å². The average molecular weight is 433 g/mol.